The van der Waals surface area contributed by atoms with Crippen LogP contribution in [0.1, 0.15) is 37.7 Å². The lowest BCUT2D eigenvalue weighted by Gasteiger charge is -2.26. The second-order valence-electron chi connectivity index (χ2n) is 4.79. The number of pyridine rings is 1. The van der Waals surface area contributed by atoms with Gasteiger partial charge >= 0.3 is 0 Å². The summed E-state index contributed by atoms with van der Waals surface area (Å²) in [6, 6.07) is 4.29. The fourth-order valence-electron chi connectivity index (χ4n) is 2.03. The average molecular weight is 231 g/mol. The summed E-state index contributed by atoms with van der Waals surface area (Å²) in [4.78, 5) is 6.61. The third-order valence-electron chi connectivity index (χ3n) is 2.73. The predicted molar refractivity (Wildman–Crippen MR) is 71.2 cm³/mol. The fraction of sp³-hybridized carbons (Fsp3) is 0.571. The second-order valence-corrected chi connectivity index (χ2v) is 4.79. The van der Waals surface area contributed by atoms with Gasteiger partial charge in [0.1, 0.15) is 6.07 Å². The van der Waals surface area contributed by atoms with Gasteiger partial charge in [-0.2, -0.15) is 5.26 Å². The molecule has 92 valence electrons. The minimum Gasteiger partial charge on any atom is -0.370 e. The number of aromatic nitrogens is 1. The molecule has 0 unspecified atom stereocenters. The Morgan fingerprint density at radius 1 is 1.41 bits per heavy atom. The van der Waals surface area contributed by atoms with Crippen LogP contribution in [0.3, 0.4) is 0 Å². The van der Waals surface area contributed by atoms with Gasteiger partial charge in [-0.25, -0.2) is 0 Å². The van der Waals surface area contributed by atoms with Crippen molar-refractivity contribution >= 4 is 5.69 Å². The summed E-state index contributed by atoms with van der Waals surface area (Å²) in [5.41, 5.74) is 3.52. The first-order valence-electron chi connectivity index (χ1n) is 6.12. The lowest BCUT2D eigenvalue weighted by Crippen LogP contribution is -2.28. The van der Waals surface area contributed by atoms with E-state index in [4.69, 9.17) is 0 Å². The van der Waals surface area contributed by atoms with Crippen LogP contribution in [0.15, 0.2) is 6.07 Å². The van der Waals surface area contributed by atoms with E-state index in [1.807, 2.05) is 19.9 Å². The minimum absolute atomic E-state index is 0.579. The Morgan fingerprint density at radius 2 is 2.06 bits per heavy atom. The molecule has 0 fully saturated rings. The molecule has 1 aromatic heterocycles. The van der Waals surface area contributed by atoms with Gasteiger partial charge < -0.3 is 4.90 Å². The molecule has 0 atom stereocenters. The zero-order chi connectivity index (χ0) is 13.0. The van der Waals surface area contributed by atoms with Gasteiger partial charge in [0.2, 0.25) is 0 Å². The Bertz CT molecular complexity index is 430. The Balaban J connectivity index is 3.23. The Morgan fingerprint density at radius 3 is 2.53 bits per heavy atom. The van der Waals surface area contributed by atoms with Crippen LogP contribution in [0.2, 0.25) is 0 Å². The summed E-state index contributed by atoms with van der Waals surface area (Å²) in [6.45, 7) is 12.3. The molecule has 17 heavy (non-hydrogen) atoms. The largest absolute Gasteiger partial charge is 0.370 e. The summed E-state index contributed by atoms with van der Waals surface area (Å²) in [7, 11) is 0. The van der Waals surface area contributed by atoms with E-state index in [0.29, 0.717) is 11.5 Å². The minimum atomic E-state index is 0.579. The quantitative estimate of drug-likeness (QED) is 0.799. The third kappa shape index (κ3) is 3.20. The van der Waals surface area contributed by atoms with E-state index in [-0.39, 0.29) is 0 Å². The smallest absolute Gasteiger partial charge is 0.103 e. The maximum atomic E-state index is 9.25. The number of nitrogens with zero attached hydrogens (tertiary/aromatic N) is 3. The molecule has 0 amide bonds. The highest BCUT2D eigenvalue weighted by atomic mass is 15.1. The average Bonchev–Trinajstić information content (AvgIpc) is 2.24. The Kier molecular flexibility index (Phi) is 4.51. The first kappa shape index (κ1) is 13.5. The number of rotatable bonds is 4. The van der Waals surface area contributed by atoms with Crippen molar-refractivity contribution in [3.05, 3.63) is 23.0 Å². The van der Waals surface area contributed by atoms with E-state index < -0.39 is 0 Å². The topological polar surface area (TPSA) is 39.9 Å². The molecule has 0 aliphatic heterocycles. The number of anilines is 1. The van der Waals surface area contributed by atoms with E-state index in [1.165, 1.54) is 0 Å². The van der Waals surface area contributed by atoms with Gasteiger partial charge in [-0.1, -0.05) is 13.8 Å². The zero-order valence-electron chi connectivity index (χ0n) is 11.4. The van der Waals surface area contributed by atoms with Gasteiger partial charge in [-0.3, -0.25) is 4.98 Å². The normalized spacial score (nSPS) is 10.4. The Labute approximate surface area is 104 Å². The molecule has 3 nitrogen and oxygen atoms in total. The van der Waals surface area contributed by atoms with Gasteiger partial charge in [0.05, 0.1) is 16.9 Å². The molecule has 0 saturated heterocycles. The van der Waals surface area contributed by atoms with Crippen molar-refractivity contribution in [2.75, 3.05) is 18.0 Å². The number of aryl methyl sites for hydroxylation is 2. The molecule has 0 radical (unpaired) electrons. The monoisotopic (exact) mass is 231 g/mol. The lowest BCUT2D eigenvalue weighted by atomic mass is 10.1. The van der Waals surface area contributed by atoms with Crippen LogP contribution in [0.4, 0.5) is 5.69 Å². The van der Waals surface area contributed by atoms with Crippen LogP contribution in [0.5, 0.6) is 0 Å². The van der Waals surface area contributed by atoms with Gasteiger partial charge in [-0.15, -0.1) is 0 Å². The van der Waals surface area contributed by atoms with Crippen molar-refractivity contribution < 1.29 is 0 Å². The maximum Gasteiger partial charge on any atom is 0.103 e. The van der Waals surface area contributed by atoms with Crippen LogP contribution in [0.25, 0.3) is 0 Å². The summed E-state index contributed by atoms with van der Waals surface area (Å²) in [5, 5.41) is 9.25. The molecule has 0 bridgehead atoms. The SMILES string of the molecule is CCN(CC(C)C)c1cc(C)nc(C)c1C#N. The van der Waals surface area contributed by atoms with Crippen molar-refractivity contribution in [2.24, 2.45) is 5.92 Å². The second kappa shape index (κ2) is 5.67. The number of hydrogen-bond acceptors (Lipinski definition) is 3. The highest BCUT2D eigenvalue weighted by Crippen LogP contribution is 2.23. The molecule has 1 rings (SSSR count). The fourth-order valence-corrected chi connectivity index (χ4v) is 2.03. The van der Waals surface area contributed by atoms with E-state index in [0.717, 1.165) is 30.2 Å². The molecule has 0 N–H and O–H groups in total. The van der Waals surface area contributed by atoms with E-state index in [1.54, 1.807) is 0 Å². The molecule has 3 heteroatoms. The molecule has 1 heterocycles. The molecule has 0 spiro atoms. The van der Waals surface area contributed by atoms with Crippen LogP contribution in [-0.4, -0.2) is 18.1 Å². The Hall–Kier alpha value is -1.56. The molecule has 0 aliphatic rings. The van der Waals surface area contributed by atoms with Crippen molar-refractivity contribution in [1.29, 1.82) is 5.26 Å². The molecule has 0 saturated carbocycles. The highest BCUT2D eigenvalue weighted by Gasteiger charge is 2.14. The molecule has 0 aliphatic carbocycles. The molecular formula is C14H21N3. The van der Waals surface area contributed by atoms with Crippen LogP contribution in [0, 0.1) is 31.1 Å². The van der Waals surface area contributed by atoms with Crippen LogP contribution < -0.4 is 4.90 Å². The van der Waals surface area contributed by atoms with Crippen molar-refractivity contribution in [3.8, 4) is 6.07 Å². The first-order valence-corrected chi connectivity index (χ1v) is 6.12. The molecule has 0 aromatic carbocycles. The third-order valence-corrected chi connectivity index (χ3v) is 2.73. The van der Waals surface area contributed by atoms with Crippen LogP contribution >= 0.6 is 0 Å². The highest BCUT2D eigenvalue weighted by molar-refractivity contribution is 5.61. The van der Waals surface area contributed by atoms with Crippen molar-refractivity contribution in [2.45, 2.75) is 34.6 Å². The molecular weight excluding hydrogens is 210 g/mol. The first-order chi connectivity index (χ1) is 7.99. The number of nitriles is 1. The van der Waals surface area contributed by atoms with E-state index in [9.17, 15) is 5.26 Å². The summed E-state index contributed by atoms with van der Waals surface area (Å²) in [6.07, 6.45) is 0. The van der Waals surface area contributed by atoms with Gasteiger partial charge in [0, 0.05) is 18.8 Å². The summed E-state index contributed by atoms with van der Waals surface area (Å²) >= 11 is 0. The standard InChI is InChI=1S/C14H21N3/c1-6-17(9-10(2)3)14-7-11(4)16-12(5)13(14)8-15/h7,10H,6,9H2,1-5H3. The zero-order valence-corrected chi connectivity index (χ0v) is 11.4. The van der Waals surface area contributed by atoms with Gasteiger partial charge in [0.25, 0.3) is 0 Å². The summed E-state index contributed by atoms with van der Waals surface area (Å²) < 4.78 is 0. The summed E-state index contributed by atoms with van der Waals surface area (Å²) in [5.74, 6) is 0.579. The number of hydrogen-bond donors (Lipinski definition) is 0. The van der Waals surface area contributed by atoms with Gasteiger partial charge in [-0.05, 0) is 32.8 Å². The van der Waals surface area contributed by atoms with Crippen LogP contribution in [-0.2, 0) is 0 Å². The predicted octanol–water partition coefficient (Wildman–Crippen LogP) is 3.05. The maximum absolute atomic E-state index is 9.25. The molecule has 1 aromatic rings. The van der Waals surface area contributed by atoms with Crippen molar-refractivity contribution in [1.82, 2.24) is 4.98 Å². The van der Waals surface area contributed by atoms with E-state index in [2.05, 4.69) is 36.7 Å². The van der Waals surface area contributed by atoms with Crippen molar-refractivity contribution in [3.63, 3.8) is 0 Å². The van der Waals surface area contributed by atoms with Gasteiger partial charge in [0.15, 0.2) is 0 Å². The lowest BCUT2D eigenvalue weighted by molar-refractivity contribution is 0.618. The van der Waals surface area contributed by atoms with E-state index >= 15 is 0 Å².